The quantitative estimate of drug-likeness (QED) is 0.701. The molecule has 0 spiro atoms. The fraction of sp³-hybridized carbons (Fsp3) is 0.300. The van der Waals surface area contributed by atoms with E-state index in [4.69, 9.17) is 5.73 Å². The minimum atomic E-state index is -0.142. The van der Waals surface area contributed by atoms with Crippen LogP contribution in [0.2, 0.25) is 0 Å². The maximum Gasteiger partial charge on any atom is 0.268 e. The summed E-state index contributed by atoms with van der Waals surface area (Å²) in [6, 6.07) is 1.60. The third kappa shape index (κ3) is 2.16. The van der Waals surface area contributed by atoms with Crippen LogP contribution in [0.5, 0.6) is 0 Å². The summed E-state index contributed by atoms with van der Waals surface area (Å²) in [7, 11) is 1.78. The van der Waals surface area contributed by atoms with Crippen molar-refractivity contribution in [2.24, 2.45) is 7.05 Å². The molecule has 1 atom stereocenters. The van der Waals surface area contributed by atoms with E-state index < -0.39 is 0 Å². The second kappa shape index (κ2) is 4.00. The number of carbonyl (C=O) groups excluding carboxylic acids is 1. The second-order valence-corrected chi connectivity index (χ2v) is 3.27. The minimum Gasteiger partial charge on any atom is -0.397 e. The third-order valence-corrected chi connectivity index (χ3v) is 1.97. The summed E-state index contributed by atoms with van der Waals surface area (Å²) in [5, 5.41) is 2.77. The Morgan fingerprint density at radius 1 is 1.79 bits per heavy atom. The molecule has 76 valence electrons. The van der Waals surface area contributed by atoms with Gasteiger partial charge in [0.2, 0.25) is 0 Å². The Morgan fingerprint density at radius 3 is 2.86 bits per heavy atom. The lowest BCUT2D eigenvalue weighted by Gasteiger charge is -2.09. The molecular formula is C10H15N3O. The van der Waals surface area contributed by atoms with Gasteiger partial charge < -0.3 is 15.6 Å². The van der Waals surface area contributed by atoms with Gasteiger partial charge in [0.15, 0.2) is 0 Å². The first-order chi connectivity index (χ1) is 6.54. The molecule has 0 saturated carbocycles. The van der Waals surface area contributed by atoms with E-state index in [-0.39, 0.29) is 11.9 Å². The molecule has 0 aliphatic rings. The van der Waals surface area contributed by atoms with Crippen molar-refractivity contribution in [3.63, 3.8) is 0 Å². The van der Waals surface area contributed by atoms with Gasteiger partial charge in [0.05, 0.1) is 5.69 Å². The zero-order chi connectivity index (χ0) is 10.7. The first kappa shape index (κ1) is 10.4. The van der Waals surface area contributed by atoms with Crippen LogP contribution in [0.15, 0.2) is 24.9 Å². The molecule has 1 unspecified atom stereocenters. The highest BCUT2D eigenvalue weighted by molar-refractivity contribution is 5.94. The highest BCUT2D eigenvalue weighted by Gasteiger charge is 2.11. The van der Waals surface area contributed by atoms with Gasteiger partial charge in [0, 0.05) is 19.3 Å². The van der Waals surface area contributed by atoms with Crippen LogP contribution in [0.4, 0.5) is 5.69 Å². The van der Waals surface area contributed by atoms with Crippen molar-refractivity contribution in [1.29, 1.82) is 0 Å². The van der Waals surface area contributed by atoms with Crippen molar-refractivity contribution in [1.82, 2.24) is 9.88 Å². The predicted octanol–water partition coefficient (Wildman–Crippen LogP) is 0.912. The van der Waals surface area contributed by atoms with E-state index in [9.17, 15) is 4.79 Å². The summed E-state index contributed by atoms with van der Waals surface area (Å²) in [6.07, 6.45) is 3.37. The molecule has 0 aromatic carbocycles. The van der Waals surface area contributed by atoms with Gasteiger partial charge in [-0.25, -0.2) is 0 Å². The molecule has 4 heteroatoms. The van der Waals surface area contributed by atoms with Gasteiger partial charge in [-0.2, -0.15) is 0 Å². The molecule has 0 saturated heterocycles. The van der Waals surface area contributed by atoms with Crippen molar-refractivity contribution in [2.45, 2.75) is 13.0 Å². The summed E-state index contributed by atoms with van der Waals surface area (Å²) in [6.45, 7) is 5.45. The van der Waals surface area contributed by atoms with Crippen molar-refractivity contribution in [2.75, 3.05) is 5.73 Å². The Bertz CT molecular complexity index is 354. The number of nitrogen functional groups attached to an aromatic ring is 1. The molecule has 4 nitrogen and oxygen atoms in total. The minimum absolute atomic E-state index is 0.0429. The molecule has 1 aromatic heterocycles. The summed E-state index contributed by atoms with van der Waals surface area (Å²) in [4.78, 5) is 11.6. The standard InChI is InChI=1S/C10H15N3O/c1-4-7(2)12-10(14)9-5-8(11)6-13(9)3/h4-7H,1,11H2,2-3H3,(H,12,14). The van der Waals surface area contributed by atoms with E-state index in [0.717, 1.165) is 0 Å². The van der Waals surface area contributed by atoms with Crippen LogP contribution >= 0.6 is 0 Å². The fourth-order valence-electron chi connectivity index (χ4n) is 1.16. The number of hydrogen-bond acceptors (Lipinski definition) is 2. The van der Waals surface area contributed by atoms with Crippen molar-refractivity contribution >= 4 is 11.6 Å². The summed E-state index contributed by atoms with van der Waals surface area (Å²) < 4.78 is 1.69. The van der Waals surface area contributed by atoms with Crippen LogP contribution in [0, 0.1) is 0 Å². The molecule has 0 bridgehead atoms. The Kier molecular flexibility index (Phi) is 2.96. The van der Waals surface area contributed by atoms with Crippen LogP contribution in [-0.2, 0) is 7.05 Å². The van der Waals surface area contributed by atoms with Crippen LogP contribution in [0.1, 0.15) is 17.4 Å². The van der Waals surface area contributed by atoms with Gasteiger partial charge in [-0.3, -0.25) is 4.79 Å². The van der Waals surface area contributed by atoms with Crippen LogP contribution < -0.4 is 11.1 Å². The largest absolute Gasteiger partial charge is 0.397 e. The second-order valence-electron chi connectivity index (χ2n) is 3.27. The predicted molar refractivity (Wildman–Crippen MR) is 57.0 cm³/mol. The van der Waals surface area contributed by atoms with Gasteiger partial charge in [-0.15, -0.1) is 6.58 Å². The number of nitrogens with zero attached hydrogens (tertiary/aromatic N) is 1. The summed E-state index contributed by atoms with van der Waals surface area (Å²) in [5.74, 6) is -0.142. The molecular weight excluding hydrogens is 178 g/mol. The lowest BCUT2D eigenvalue weighted by molar-refractivity contribution is 0.0939. The fourth-order valence-corrected chi connectivity index (χ4v) is 1.16. The van der Waals surface area contributed by atoms with Gasteiger partial charge >= 0.3 is 0 Å². The number of nitrogens with two attached hydrogens (primary N) is 1. The number of aryl methyl sites for hydroxylation is 1. The molecule has 0 aliphatic heterocycles. The average Bonchev–Trinajstić information content (AvgIpc) is 2.45. The first-order valence-electron chi connectivity index (χ1n) is 4.40. The van der Waals surface area contributed by atoms with Crippen LogP contribution in [0.3, 0.4) is 0 Å². The molecule has 1 amide bonds. The van der Waals surface area contributed by atoms with E-state index >= 15 is 0 Å². The number of rotatable bonds is 3. The van der Waals surface area contributed by atoms with E-state index in [1.807, 2.05) is 6.92 Å². The van der Waals surface area contributed by atoms with Crippen LogP contribution in [0.25, 0.3) is 0 Å². The Hall–Kier alpha value is -1.71. The van der Waals surface area contributed by atoms with Crippen LogP contribution in [-0.4, -0.2) is 16.5 Å². The number of hydrogen-bond donors (Lipinski definition) is 2. The molecule has 0 fully saturated rings. The first-order valence-corrected chi connectivity index (χ1v) is 4.40. The Morgan fingerprint density at radius 2 is 2.43 bits per heavy atom. The molecule has 0 radical (unpaired) electrons. The summed E-state index contributed by atoms with van der Waals surface area (Å²) in [5.41, 5.74) is 6.70. The number of anilines is 1. The Labute approximate surface area is 83.4 Å². The van der Waals surface area contributed by atoms with Gasteiger partial charge in [-0.1, -0.05) is 6.08 Å². The molecule has 3 N–H and O–H groups in total. The molecule has 1 heterocycles. The van der Waals surface area contributed by atoms with Gasteiger partial charge in [0.25, 0.3) is 5.91 Å². The SMILES string of the molecule is C=CC(C)NC(=O)c1cc(N)cn1C. The topological polar surface area (TPSA) is 60.1 Å². The zero-order valence-electron chi connectivity index (χ0n) is 8.45. The van der Waals surface area contributed by atoms with E-state index in [1.54, 1.807) is 30.0 Å². The number of amides is 1. The van der Waals surface area contributed by atoms with E-state index in [2.05, 4.69) is 11.9 Å². The lowest BCUT2D eigenvalue weighted by atomic mass is 10.3. The smallest absolute Gasteiger partial charge is 0.268 e. The third-order valence-electron chi connectivity index (χ3n) is 1.97. The number of carbonyl (C=O) groups is 1. The molecule has 1 rings (SSSR count). The maximum atomic E-state index is 11.6. The highest BCUT2D eigenvalue weighted by atomic mass is 16.2. The normalized spacial score (nSPS) is 12.1. The van der Waals surface area contributed by atoms with E-state index in [0.29, 0.717) is 11.4 Å². The molecule has 14 heavy (non-hydrogen) atoms. The number of aromatic nitrogens is 1. The maximum absolute atomic E-state index is 11.6. The van der Waals surface area contributed by atoms with E-state index in [1.165, 1.54) is 0 Å². The molecule has 1 aromatic rings. The van der Waals surface area contributed by atoms with Crippen molar-refractivity contribution in [3.05, 3.63) is 30.6 Å². The number of nitrogens with one attached hydrogen (secondary N) is 1. The summed E-state index contributed by atoms with van der Waals surface area (Å²) >= 11 is 0. The zero-order valence-corrected chi connectivity index (χ0v) is 8.45. The molecule has 0 aliphatic carbocycles. The average molecular weight is 193 g/mol. The Balaban J connectivity index is 2.79. The monoisotopic (exact) mass is 193 g/mol. The lowest BCUT2D eigenvalue weighted by Crippen LogP contribution is -2.32. The van der Waals surface area contributed by atoms with Crippen molar-refractivity contribution < 1.29 is 4.79 Å². The highest BCUT2D eigenvalue weighted by Crippen LogP contribution is 2.08. The van der Waals surface area contributed by atoms with Gasteiger partial charge in [0.1, 0.15) is 5.69 Å². The van der Waals surface area contributed by atoms with Gasteiger partial charge in [-0.05, 0) is 13.0 Å². The van der Waals surface area contributed by atoms with Crippen molar-refractivity contribution in [3.8, 4) is 0 Å².